The number of benzene rings is 2. The van der Waals surface area contributed by atoms with E-state index in [2.05, 4.69) is 14.7 Å². The second-order valence-corrected chi connectivity index (χ2v) is 6.83. The molecule has 0 fully saturated rings. The van der Waals surface area contributed by atoms with Crippen LogP contribution in [0.4, 0.5) is 15.8 Å². The lowest BCUT2D eigenvalue weighted by atomic mass is 10.2. The summed E-state index contributed by atoms with van der Waals surface area (Å²) in [6.45, 7) is 0. The number of anilines is 1. The molecule has 25 heavy (non-hydrogen) atoms. The standard InChI is InChI=1S/C18H14FN3O2S/c19-15-5-3-14(4-6-15)12-21-16-7-9-18(10-8-16)25(23,24)22-17-2-1-11-20-13-17/h1-13,22H. The van der Waals surface area contributed by atoms with E-state index in [1.807, 2.05) is 0 Å². The van der Waals surface area contributed by atoms with Gasteiger partial charge in [0.15, 0.2) is 0 Å². The average Bonchev–Trinajstić information content (AvgIpc) is 2.62. The fourth-order valence-electron chi connectivity index (χ4n) is 2.05. The largest absolute Gasteiger partial charge is 0.278 e. The molecule has 0 radical (unpaired) electrons. The molecule has 5 nitrogen and oxygen atoms in total. The Balaban J connectivity index is 1.74. The third kappa shape index (κ3) is 4.48. The second-order valence-electron chi connectivity index (χ2n) is 5.15. The Bertz CT molecular complexity index is 971. The van der Waals surface area contributed by atoms with Crippen molar-refractivity contribution >= 4 is 27.6 Å². The van der Waals surface area contributed by atoms with Crippen LogP contribution in [0.3, 0.4) is 0 Å². The molecule has 0 unspecified atom stereocenters. The molecule has 7 heteroatoms. The van der Waals surface area contributed by atoms with E-state index in [1.54, 1.807) is 48.8 Å². The number of halogens is 1. The van der Waals surface area contributed by atoms with Gasteiger partial charge in [-0.25, -0.2) is 12.8 Å². The van der Waals surface area contributed by atoms with E-state index < -0.39 is 10.0 Å². The van der Waals surface area contributed by atoms with Crippen molar-refractivity contribution in [2.75, 3.05) is 4.72 Å². The molecule has 0 saturated heterocycles. The van der Waals surface area contributed by atoms with E-state index in [1.165, 1.54) is 30.5 Å². The number of pyridine rings is 1. The molecular weight excluding hydrogens is 341 g/mol. The van der Waals surface area contributed by atoms with E-state index >= 15 is 0 Å². The van der Waals surface area contributed by atoms with Crippen LogP contribution in [0.5, 0.6) is 0 Å². The van der Waals surface area contributed by atoms with Crippen LogP contribution >= 0.6 is 0 Å². The third-order valence-corrected chi connectivity index (χ3v) is 4.69. The van der Waals surface area contributed by atoms with Gasteiger partial charge in [-0.05, 0) is 54.1 Å². The van der Waals surface area contributed by atoms with Crippen LogP contribution in [0, 0.1) is 5.82 Å². The first kappa shape index (κ1) is 16.8. The molecular formula is C18H14FN3O2S. The van der Waals surface area contributed by atoms with Crippen LogP contribution in [-0.4, -0.2) is 19.6 Å². The summed E-state index contributed by atoms with van der Waals surface area (Å²) in [5, 5.41) is 0. The number of rotatable bonds is 5. The molecule has 3 rings (SSSR count). The van der Waals surface area contributed by atoms with E-state index in [9.17, 15) is 12.8 Å². The molecule has 0 aliphatic heterocycles. The molecule has 0 amide bonds. The summed E-state index contributed by atoms with van der Waals surface area (Å²) in [5.74, 6) is -0.312. The van der Waals surface area contributed by atoms with Crippen molar-refractivity contribution in [3.63, 3.8) is 0 Å². The smallest absolute Gasteiger partial charge is 0.261 e. The van der Waals surface area contributed by atoms with Gasteiger partial charge >= 0.3 is 0 Å². The maximum atomic E-state index is 12.9. The van der Waals surface area contributed by atoms with Crippen molar-refractivity contribution in [2.45, 2.75) is 4.90 Å². The summed E-state index contributed by atoms with van der Waals surface area (Å²) in [6.07, 6.45) is 4.57. The van der Waals surface area contributed by atoms with Crippen molar-refractivity contribution in [3.8, 4) is 0 Å². The number of aromatic nitrogens is 1. The van der Waals surface area contributed by atoms with Gasteiger partial charge in [-0.2, -0.15) is 0 Å². The fraction of sp³-hybridized carbons (Fsp3) is 0. The maximum Gasteiger partial charge on any atom is 0.261 e. The van der Waals surface area contributed by atoms with Gasteiger partial charge in [0, 0.05) is 12.4 Å². The summed E-state index contributed by atoms with van der Waals surface area (Å²) in [5.41, 5.74) is 1.72. The predicted octanol–water partition coefficient (Wildman–Crippen LogP) is 3.77. The molecule has 0 aliphatic carbocycles. The van der Waals surface area contributed by atoms with Crippen LogP contribution in [0.1, 0.15) is 5.56 Å². The van der Waals surface area contributed by atoms with Gasteiger partial charge < -0.3 is 0 Å². The number of hydrogen-bond acceptors (Lipinski definition) is 4. The first-order chi connectivity index (χ1) is 12.0. The van der Waals surface area contributed by atoms with Crippen molar-refractivity contribution in [2.24, 2.45) is 4.99 Å². The Kier molecular flexibility index (Phi) is 4.85. The highest BCUT2D eigenvalue weighted by atomic mass is 32.2. The molecule has 1 heterocycles. The highest BCUT2D eigenvalue weighted by Crippen LogP contribution is 2.19. The van der Waals surface area contributed by atoms with Gasteiger partial charge in [0.2, 0.25) is 0 Å². The molecule has 126 valence electrons. The zero-order chi connectivity index (χ0) is 17.7. The molecule has 0 bridgehead atoms. The van der Waals surface area contributed by atoms with Crippen molar-refractivity contribution in [1.82, 2.24) is 4.98 Å². The monoisotopic (exact) mass is 355 g/mol. The zero-order valence-electron chi connectivity index (χ0n) is 13.0. The van der Waals surface area contributed by atoms with Gasteiger partial charge in [0.05, 0.1) is 22.5 Å². The number of hydrogen-bond donors (Lipinski definition) is 1. The number of nitrogens with one attached hydrogen (secondary N) is 1. The van der Waals surface area contributed by atoms with Crippen molar-refractivity contribution < 1.29 is 12.8 Å². The van der Waals surface area contributed by atoms with Gasteiger partial charge in [-0.15, -0.1) is 0 Å². The van der Waals surface area contributed by atoms with Gasteiger partial charge in [-0.1, -0.05) is 12.1 Å². The number of nitrogens with zero attached hydrogens (tertiary/aromatic N) is 2. The molecule has 1 aromatic heterocycles. The minimum absolute atomic E-state index is 0.122. The van der Waals surface area contributed by atoms with Crippen LogP contribution in [-0.2, 0) is 10.0 Å². The number of sulfonamides is 1. The van der Waals surface area contributed by atoms with E-state index in [0.29, 0.717) is 11.4 Å². The van der Waals surface area contributed by atoms with Gasteiger partial charge in [-0.3, -0.25) is 14.7 Å². The lowest BCUT2D eigenvalue weighted by Gasteiger charge is -2.07. The van der Waals surface area contributed by atoms with Crippen LogP contribution in [0.25, 0.3) is 0 Å². The summed E-state index contributed by atoms with van der Waals surface area (Å²) in [6, 6.07) is 15.3. The normalized spacial score (nSPS) is 11.6. The first-order valence-corrected chi connectivity index (χ1v) is 8.84. The molecule has 3 aromatic rings. The molecule has 2 aromatic carbocycles. The zero-order valence-corrected chi connectivity index (χ0v) is 13.8. The molecule has 0 saturated carbocycles. The minimum Gasteiger partial charge on any atom is -0.278 e. The Labute approximate surface area is 145 Å². The van der Waals surface area contributed by atoms with Crippen LogP contribution in [0.15, 0.2) is 82.9 Å². The van der Waals surface area contributed by atoms with Crippen LogP contribution < -0.4 is 4.72 Å². The Hall–Kier alpha value is -3.06. The predicted molar refractivity (Wildman–Crippen MR) is 95.1 cm³/mol. The highest BCUT2D eigenvalue weighted by molar-refractivity contribution is 7.92. The average molecular weight is 355 g/mol. The minimum atomic E-state index is -3.69. The Morgan fingerprint density at radius 3 is 2.36 bits per heavy atom. The van der Waals surface area contributed by atoms with Crippen molar-refractivity contribution in [1.29, 1.82) is 0 Å². The highest BCUT2D eigenvalue weighted by Gasteiger charge is 2.13. The first-order valence-electron chi connectivity index (χ1n) is 7.35. The van der Waals surface area contributed by atoms with Gasteiger partial charge in [0.1, 0.15) is 5.82 Å². The quantitative estimate of drug-likeness (QED) is 0.708. The summed E-state index contributed by atoms with van der Waals surface area (Å²) >= 11 is 0. The van der Waals surface area contributed by atoms with E-state index in [4.69, 9.17) is 0 Å². The molecule has 0 aliphatic rings. The van der Waals surface area contributed by atoms with E-state index in [-0.39, 0.29) is 10.7 Å². The lowest BCUT2D eigenvalue weighted by molar-refractivity contribution is 0.601. The SMILES string of the molecule is O=S(=O)(Nc1cccnc1)c1ccc(N=Cc2ccc(F)cc2)cc1. The van der Waals surface area contributed by atoms with Gasteiger partial charge in [0.25, 0.3) is 10.0 Å². The summed E-state index contributed by atoms with van der Waals surface area (Å²) in [7, 11) is -3.69. The summed E-state index contributed by atoms with van der Waals surface area (Å²) in [4.78, 5) is 8.23. The molecule has 0 spiro atoms. The topological polar surface area (TPSA) is 71.4 Å². The lowest BCUT2D eigenvalue weighted by Crippen LogP contribution is -2.12. The molecule has 1 N–H and O–H groups in total. The fourth-order valence-corrected chi connectivity index (χ4v) is 3.09. The maximum absolute atomic E-state index is 12.9. The third-order valence-electron chi connectivity index (χ3n) is 3.29. The molecule has 0 atom stereocenters. The van der Waals surface area contributed by atoms with Crippen LogP contribution in [0.2, 0.25) is 0 Å². The summed E-state index contributed by atoms with van der Waals surface area (Å²) < 4.78 is 39.9. The second kappa shape index (κ2) is 7.23. The Morgan fingerprint density at radius 1 is 1.00 bits per heavy atom. The van der Waals surface area contributed by atoms with Crippen molar-refractivity contribution in [3.05, 3.63) is 84.4 Å². The Morgan fingerprint density at radius 2 is 1.72 bits per heavy atom. The number of aliphatic imine (C=N–C) groups is 1. The van der Waals surface area contributed by atoms with E-state index in [0.717, 1.165) is 5.56 Å².